The number of hydrogen-bond acceptors (Lipinski definition) is 2. The molecule has 1 saturated carbocycles. The number of rotatable bonds is 4. The molecule has 0 radical (unpaired) electrons. The van der Waals surface area contributed by atoms with Crippen molar-refractivity contribution in [1.82, 2.24) is 10.2 Å². The molecule has 1 heterocycles. The molecule has 0 bridgehead atoms. The fourth-order valence-corrected chi connectivity index (χ4v) is 4.12. The molecule has 2 fully saturated rings. The molecule has 116 valence electrons. The number of amides is 1. The molecule has 5 unspecified atom stereocenters. The highest BCUT2D eigenvalue weighted by Crippen LogP contribution is 2.35. The molecule has 3 heteroatoms. The van der Waals surface area contributed by atoms with Crippen LogP contribution in [0, 0.1) is 17.8 Å². The Balaban J connectivity index is 2.16. The van der Waals surface area contributed by atoms with Gasteiger partial charge in [-0.15, -0.1) is 0 Å². The third kappa shape index (κ3) is 3.03. The highest BCUT2D eigenvalue weighted by molar-refractivity contribution is 5.84. The van der Waals surface area contributed by atoms with Crippen molar-refractivity contribution in [1.29, 1.82) is 0 Å². The molecule has 3 nitrogen and oxygen atoms in total. The fraction of sp³-hybridized carbons (Fsp3) is 0.941. The molecule has 1 amide bonds. The smallest absolute Gasteiger partial charge is 0.241 e. The van der Waals surface area contributed by atoms with Gasteiger partial charge in [0.2, 0.25) is 5.91 Å². The van der Waals surface area contributed by atoms with Crippen LogP contribution < -0.4 is 5.32 Å². The second-order valence-electron chi connectivity index (χ2n) is 7.41. The van der Waals surface area contributed by atoms with E-state index in [1.54, 1.807) is 0 Å². The molecule has 1 aliphatic carbocycles. The largest absolute Gasteiger partial charge is 0.322 e. The van der Waals surface area contributed by atoms with Gasteiger partial charge in [0.25, 0.3) is 0 Å². The highest BCUT2D eigenvalue weighted by atomic mass is 16.2. The van der Waals surface area contributed by atoms with E-state index in [0.717, 1.165) is 18.8 Å². The van der Waals surface area contributed by atoms with Gasteiger partial charge in [-0.25, -0.2) is 0 Å². The van der Waals surface area contributed by atoms with Crippen molar-refractivity contribution in [2.24, 2.45) is 17.8 Å². The van der Waals surface area contributed by atoms with Gasteiger partial charge in [0.1, 0.15) is 0 Å². The summed E-state index contributed by atoms with van der Waals surface area (Å²) in [7, 11) is 0. The summed E-state index contributed by atoms with van der Waals surface area (Å²) >= 11 is 0. The minimum Gasteiger partial charge on any atom is -0.322 e. The lowest BCUT2D eigenvalue weighted by atomic mass is 9.78. The quantitative estimate of drug-likeness (QED) is 0.856. The Labute approximate surface area is 124 Å². The summed E-state index contributed by atoms with van der Waals surface area (Å²) in [5.74, 6) is 2.28. The third-order valence-corrected chi connectivity index (χ3v) is 5.18. The van der Waals surface area contributed by atoms with Crippen LogP contribution >= 0.6 is 0 Å². The van der Waals surface area contributed by atoms with Crippen molar-refractivity contribution in [3.05, 3.63) is 0 Å². The molecule has 20 heavy (non-hydrogen) atoms. The molecular weight excluding hydrogens is 248 g/mol. The Bertz CT molecular complexity index is 342. The Morgan fingerprint density at radius 2 is 2.00 bits per heavy atom. The normalized spacial score (nSPS) is 38.8. The molecule has 2 aliphatic rings. The van der Waals surface area contributed by atoms with E-state index in [0.29, 0.717) is 23.8 Å². The van der Waals surface area contributed by atoms with Gasteiger partial charge in [0, 0.05) is 6.04 Å². The molecule has 1 N–H and O–H groups in total. The Morgan fingerprint density at radius 3 is 2.55 bits per heavy atom. The number of nitrogens with one attached hydrogen (secondary N) is 1. The molecule has 5 atom stereocenters. The van der Waals surface area contributed by atoms with Crippen LogP contribution in [0.2, 0.25) is 0 Å². The van der Waals surface area contributed by atoms with E-state index in [-0.39, 0.29) is 12.2 Å². The maximum atomic E-state index is 12.8. The summed E-state index contributed by atoms with van der Waals surface area (Å²) < 4.78 is 0. The Hall–Kier alpha value is -0.570. The Morgan fingerprint density at radius 1 is 1.30 bits per heavy atom. The van der Waals surface area contributed by atoms with E-state index in [9.17, 15) is 4.79 Å². The Kier molecular flexibility index (Phi) is 5.11. The number of nitrogens with zero attached hydrogens (tertiary/aromatic N) is 1. The molecule has 1 aliphatic heterocycles. The average Bonchev–Trinajstić information content (AvgIpc) is 2.68. The van der Waals surface area contributed by atoms with E-state index in [4.69, 9.17) is 0 Å². The first-order valence-corrected chi connectivity index (χ1v) is 8.53. The lowest BCUT2D eigenvalue weighted by Crippen LogP contribution is -2.51. The van der Waals surface area contributed by atoms with E-state index >= 15 is 0 Å². The lowest BCUT2D eigenvalue weighted by molar-refractivity contribution is -0.135. The van der Waals surface area contributed by atoms with Gasteiger partial charge in [-0.05, 0) is 43.4 Å². The zero-order valence-corrected chi connectivity index (χ0v) is 13.9. The van der Waals surface area contributed by atoms with Crippen molar-refractivity contribution in [2.45, 2.75) is 85.0 Å². The first-order chi connectivity index (χ1) is 9.45. The maximum absolute atomic E-state index is 12.8. The van der Waals surface area contributed by atoms with Crippen LogP contribution in [0.5, 0.6) is 0 Å². The molecule has 2 rings (SSSR count). The SMILES string of the molecule is CCCC1NC(C(C)C)N(C2CCC(C)CC2C)C1=O. The maximum Gasteiger partial charge on any atom is 0.241 e. The standard InChI is InChI=1S/C17H32N2O/c1-6-7-14-17(20)19(16(18-14)11(2)3)15-9-8-12(4)10-13(15)5/h11-16,18H,6-10H2,1-5H3. The average molecular weight is 280 g/mol. The fourth-order valence-electron chi connectivity index (χ4n) is 4.12. The molecule has 0 spiro atoms. The minimum absolute atomic E-state index is 0.0546. The second kappa shape index (κ2) is 6.46. The van der Waals surface area contributed by atoms with Gasteiger partial charge in [0.15, 0.2) is 0 Å². The van der Waals surface area contributed by atoms with Crippen LogP contribution in [0.15, 0.2) is 0 Å². The van der Waals surface area contributed by atoms with Crippen LogP contribution in [-0.4, -0.2) is 29.1 Å². The topological polar surface area (TPSA) is 32.3 Å². The number of carbonyl (C=O) groups excluding carboxylic acids is 1. The lowest BCUT2D eigenvalue weighted by Gasteiger charge is -2.42. The van der Waals surface area contributed by atoms with E-state index in [1.165, 1.54) is 19.3 Å². The van der Waals surface area contributed by atoms with Crippen molar-refractivity contribution < 1.29 is 4.79 Å². The number of hydrogen-bond donors (Lipinski definition) is 1. The molecule has 1 saturated heterocycles. The number of carbonyl (C=O) groups is 1. The van der Waals surface area contributed by atoms with Gasteiger partial charge in [-0.1, -0.05) is 41.0 Å². The van der Waals surface area contributed by atoms with Gasteiger partial charge < -0.3 is 4.90 Å². The van der Waals surface area contributed by atoms with Gasteiger partial charge in [-0.3, -0.25) is 10.1 Å². The van der Waals surface area contributed by atoms with Gasteiger partial charge in [0.05, 0.1) is 12.2 Å². The van der Waals surface area contributed by atoms with Gasteiger partial charge >= 0.3 is 0 Å². The van der Waals surface area contributed by atoms with Crippen LogP contribution in [0.25, 0.3) is 0 Å². The predicted molar refractivity (Wildman–Crippen MR) is 83.3 cm³/mol. The first-order valence-electron chi connectivity index (χ1n) is 8.53. The molecule has 0 aromatic carbocycles. The van der Waals surface area contributed by atoms with E-state index < -0.39 is 0 Å². The van der Waals surface area contributed by atoms with Crippen LogP contribution in [-0.2, 0) is 4.79 Å². The van der Waals surface area contributed by atoms with E-state index in [1.807, 2.05) is 0 Å². The predicted octanol–water partition coefficient (Wildman–Crippen LogP) is 3.39. The van der Waals surface area contributed by atoms with Gasteiger partial charge in [-0.2, -0.15) is 0 Å². The molecular formula is C17H32N2O. The summed E-state index contributed by atoms with van der Waals surface area (Å²) in [6, 6.07) is 0.499. The molecule has 0 aromatic rings. The second-order valence-corrected chi connectivity index (χ2v) is 7.41. The van der Waals surface area contributed by atoms with Crippen molar-refractivity contribution in [3.63, 3.8) is 0 Å². The first kappa shape index (κ1) is 15.8. The molecule has 0 aromatic heterocycles. The third-order valence-electron chi connectivity index (χ3n) is 5.18. The summed E-state index contributed by atoms with van der Waals surface area (Å²) in [6.45, 7) is 11.3. The summed E-state index contributed by atoms with van der Waals surface area (Å²) in [4.78, 5) is 15.0. The van der Waals surface area contributed by atoms with Crippen molar-refractivity contribution in [2.75, 3.05) is 0 Å². The zero-order chi connectivity index (χ0) is 14.9. The van der Waals surface area contributed by atoms with E-state index in [2.05, 4.69) is 44.8 Å². The monoisotopic (exact) mass is 280 g/mol. The van der Waals surface area contributed by atoms with Crippen LogP contribution in [0.1, 0.15) is 66.7 Å². The highest BCUT2D eigenvalue weighted by Gasteiger charge is 2.45. The summed E-state index contributed by atoms with van der Waals surface area (Å²) in [6.07, 6.45) is 5.98. The summed E-state index contributed by atoms with van der Waals surface area (Å²) in [5.41, 5.74) is 0. The van der Waals surface area contributed by atoms with Crippen LogP contribution in [0.3, 0.4) is 0 Å². The van der Waals surface area contributed by atoms with Crippen LogP contribution in [0.4, 0.5) is 0 Å². The minimum atomic E-state index is 0.0546. The zero-order valence-electron chi connectivity index (χ0n) is 13.9. The van der Waals surface area contributed by atoms with Crippen molar-refractivity contribution in [3.8, 4) is 0 Å². The summed E-state index contributed by atoms with van der Waals surface area (Å²) in [5, 5.41) is 3.60. The van der Waals surface area contributed by atoms with Crippen molar-refractivity contribution >= 4 is 5.91 Å².